The largest absolute Gasteiger partial charge is 0.354 e. The number of pyridine rings is 1. The van der Waals surface area contributed by atoms with Crippen LogP contribution in [0.15, 0.2) is 40.8 Å². The van der Waals surface area contributed by atoms with Crippen LogP contribution >= 0.6 is 11.8 Å². The highest BCUT2D eigenvalue weighted by Gasteiger charge is 2.11. The van der Waals surface area contributed by atoms with Crippen LogP contribution in [0.25, 0.3) is 5.65 Å². The van der Waals surface area contributed by atoms with Gasteiger partial charge in [0.1, 0.15) is 5.03 Å². The average Bonchev–Trinajstić information content (AvgIpc) is 2.91. The van der Waals surface area contributed by atoms with Gasteiger partial charge >= 0.3 is 0 Å². The third-order valence-electron chi connectivity index (χ3n) is 2.93. The Bertz CT molecular complexity index is 754. The van der Waals surface area contributed by atoms with E-state index in [1.165, 1.54) is 11.8 Å². The van der Waals surface area contributed by atoms with E-state index in [0.29, 0.717) is 5.95 Å². The molecule has 0 radical (unpaired) electrons. The van der Waals surface area contributed by atoms with Crippen molar-refractivity contribution in [3.8, 4) is 0 Å². The fourth-order valence-electron chi connectivity index (χ4n) is 1.83. The van der Waals surface area contributed by atoms with E-state index in [9.17, 15) is 0 Å². The quantitative estimate of drug-likeness (QED) is 0.731. The second-order valence-corrected chi connectivity index (χ2v) is 5.58. The van der Waals surface area contributed by atoms with Crippen molar-refractivity contribution in [2.75, 3.05) is 11.9 Å². The van der Waals surface area contributed by atoms with Gasteiger partial charge in [-0.1, -0.05) is 13.0 Å². The normalized spacial score (nSPS) is 11.0. The number of aryl methyl sites for hydroxylation is 1. The molecule has 3 aromatic rings. The Morgan fingerprint density at radius 1 is 1.29 bits per heavy atom. The lowest BCUT2D eigenvalue weighted by molar-refractivity contribution is 0.902. The highest BCUT2D eigenvalue weighted by Crippen LogP contribution is 2.27. The maximum atomic E-state index is 4.55. The molecule has 0 aliphatic rings. The van der Waals surface area contributed by atoms with Gasteiger partial charge in [0.05, 0.1) is 0 Å². The second-order valence-electron chi connectivity index (χ2n) is 4.62. The predicted molar refractivity (Wildman–Crippen MR) is 82.7 cm³/mol. The minimum Gasteiger partial charge on any atom is -0.354 e. The van der Waals surface area contributed by atoms with Gasteiger partial charge in [0.2, 0.25) is 11.1 Å². The van der Waals surface area contributed by atoms with Gasteiger partial charge in [-0.25, -0.2) is 9.97 Å². The van der Waals surface area contributed by atoms with Gasteiger partial charge in [0.15, 0.2) is 5.65 Å². The summed E-state index contributed by atoms with van der Waals surface area (Å²) < 4.78 is 1.95. The molecule has 0 saturated carbocycles. The predicted octanol–water partition coefficient (Wildman–Crippen LogP) is 2.80. The van der Waals surface area contributed by atoms with E-state index < -0.39 is 0 Å². The van der Waals surface area contributed by atoms with Crippen LogP contribution in [0.3, 0.4) is 0 Å². The SMILES string of the molecule is CCCNc1ncc(C)c(Sc2nnc3ccccn23)n1. The van der Waals surface area contributed by atoms with E-state index in [0.717, 1.165) is 34.4 Å². The molecule has 0 unspecified atom stereocenters. The van der Waals surface area contributed by atoms with Crippen molar-refractivity contribution in [1.29, 1.82) is 0 Å². The molecule has 0 aromatic carbocycles. The lowest BCUT2D eigenvalue weighted by Crippen LogP contribution is -2.05. The number of nitrogens with one attached hydrogen (secondary N) is 1. The van der Waals surface area contributed by atoms with Crippen LogP contribution in [-0.4, -0.2) is 31.1 Å². The molecule has 6 nitrogen and oxygen atoms in total. The molecular weight excluding hydrogens is 284 g/mol. The van der Waals surface area contributed by atoms with Crippen molar-refractivity contribution in [2.45, 2.75) is 30.5 Å². The summed E-state index contributed by atoms with van der Waals surface area (Å²) in [5.41, 5.74) is 1.85. The Kier molecular flexibility index (Phi) is 4.01. The molecule has 3 heterocycles. The lowest BCUT2D eigenvalue weighted by atomic mass is 10.4. The zero-order valence-electron chi connectivity index (χ0n) is 11.9. The maximum Gasteiger partial charge on any atom is 0.223 e. The number of hydrogen-bond donors (Lipinski definition) is 1. The fourth-order valence-corrected chi connectivity index (χ4v) is 2.68. The van der Waals surface area contributed by atoms with Crippen LogP contribution < -0.4 is 5.32 Å². The number of nitrogens with zero attached hydrogens (tertiary/aromatic N) is 5. The number of anilines is 1. The Hall–Kier alpha value is -2.15. The van der Waals surface area contributed by atoms with Crippen LogP contribution in [0.2, 0.25) is 0 Å². The Morgan fingerprint density at radius 2 is 2.19 bits per heavy atom. The molecule has 0 spiro atoms. The smallest absolute Gasteiger partial charge is 0.223 e. The number of fused-ring (bicyclic) bond motifs is 1. The monoisotopic (exact) mass is 300 g/mol. The number of rotatable bonds is 5. The Morgan fingerprint density at radius 3 is 3.05 bits per heavy atom. The van der Waals surface area contributed by atoms with Crippen molar-refractivity contribution >= 4 is 23.4 Å². The van der Waals surface area contributed by atoms with E-state index in [4.69, 9.17) is 0 Å². The minimum atomic E-state index is 0.652. The van der Waals surface area contributed by atoms with Gasteiger partial charge in [-0.15, -0.1) is 10.2 Å². The van der Waals surface area contributed by atoms with Crippen LogP contribution in [0, 0.1) is 6.92 Å². The van der Waals surface area contributed by atoms with Crippen LogP contribution in [0.4, 0.5) is 5.95 Å². The molecule has 0 saturated heterocycles. The fraction of sp³-hybridized carbons (Fsp3) is 0.286. The van der Waals surface area contributed by atoms with Crippen molar-refractivity contribution in [3.63, 3.8) is 0 Å². The molecular formula is C14H16N6S. The van der Waals surface area contributed by atoms with Crippen molar-refractivity contribution in [1.82, 2.24) is 24.6 Å². The summed E-state index contributed by atoms with van der Waals surface area (Å²) in [6, 6.07) is 5.83. The lowest BCUT2D eigenvalue weighted by Gasteiger charge is -2.07. The van der Waals surface area contributed by atoms with E-state index in [-0.39, 0.29) is 0 Å². The maximum absolute atomic E-state index is 4.55. The molecule has 0 aliphatic heterocycles. The summed E-state index contributed by atoms with van der Waals surface area (Å²) in [5.74, 6) is 0.652. The van der Waals surface area contributed by atoms with Gasteiger partial charge in [0, 0.05) is 24.5 Å². The summed E-state index contributed by atoms with van der Waals surface area (Å²) in [7, 11) is 0. The van der Waals surface area contributed by atoms with Crippen molar-refractivity contribution in [3.05, 3.63) is 36.2 Å². The topological polar surface area (TPSA) is 68.0 Å². The molecule has 108 valence electrons. The molecule has 3 aromatic heterocycles. The molecule has 0 aliphatic carbocycles. The average molecular weight is 300 g/mol. The highest BCUT2D eigenvalue weighted by molar-refractivity contribution is 7.99. The number of aromatic nitrogens is 5. The van der Waals surface area contributed by atoms with Gasteiger partial charge in [-0.2, -0.15) is 0 Å². The van der Waals surface area contributed by atoms with Gasteiger partial charge < -0.3 is 5.32 Å². The first-order valence-electron chi connectivity index (χ1n) is 6.83. The molecule has 1 N–H and O–H groups in total. The van der Waals surface area contributed by atoms with Crippen LogP contribution in [-0.2, 0) is 0 Å². The molecule has 0 atom stereocenters. The van der Waals surface area contributed by atoms with E-state index in [2.05, 4.69) is 32.4 Å². The van der Waals surface area contributed by atoms with E-state index in [1.54, 1.807) is 0 Å². The first-order chi connectivity index (χ1) is 10.3. The van der Waals surface area contributed by atoms with Gasteiger partial charge in [0.25, 0.3) is 0 Å². The third-order valence-corrected chi connectivity index (χ3v) is 4.00. The number of hydrogen-bond acceptors (Lipinski definition) is 6. The molecule has 0 amide bonds. The highest BCUT2D eigenvalue weighted by atomic mass is 32.2. The molecule has 21 heavy (non-hydrogen) atoms. The summed E-state index contributed by atoms with van der Waals surface area (Å²) in [4.78, 5) is 8.84. The van der Waals surface area contributed by atoms with E-state index in [1.807, 2.05) is 41.9 Å². The molecule has 0 fully saturated rings. The zero-order valence-corrected chi connectivity index (χ0v) is 12.8. The summed E-state index contributed by atoms with van der Waals surface area (Å²) in [6.07, 6.45) is 4.81. The zero-order chi connectivity index (χ0) is 14.7. The Balaban J connectivity index is 1.90. The minimum absolute atomic E-state index is 0.652. The van der Waals surface area contributed by atoms with Gasteiger partial charge in [-0.3, -0.25) is 4.40 Å². The van der Waals surface area contributed by atoms with Crippen LogP contribution in [0.1, 0.15) is 18.9 Å². The standard InChI is InChI=1S/C14H16N6S/c1-3-7-15-13-16-9-10(2)12(17-13)21-14-19-18-11-6-4-5-8-20(11)14/h4-6,8-9H,3,7H2,1-2H3,(H,15,16,17). The Labute approximate surface area is 127 Å². The van der Waals surface area contributed by atoms with Crippen molar-refractivity contribution in [2.24, 2.45) is 0 Å². The van der Waals surface area contributed by atoms with Crippen LogP contribution in [0.5, 0.6) is 0 Å². The summed E-state index contributed by atoms with van der Waals surface area (Å²) >= 11 is 1.50. The molecule has 3 rings (SSSR count). The van der Waals surface area contributed by atoms with Gasteiger partial charge in [-0.05, 0) is 37.2 Å². The first-order valence-corrected chi connectivity index (χ1v) is 7.64. The molecule has 0 bridgehead atoms. The third kappa shape index (κ3) is 2.97. The molecule has 7 heteroatoms. The van der Waals surface area contributed by atoms with E-state index >= 15 is 0 Å². The first kappa shape index (κ1) is 13.8. The summed E-state index contributed by atoms with van der Waals surface area (Å²) in [5, 5.41) is 13.3. The summed E-state index contributed by atoms with van der Waals surface area (Å²) in [6.45, 7) is 4.97. The van der Waals surface area contributed by atoms with Crippen molar-refractivity contribution < 1.29 is 0 Å². The second kappa shape index (κ2) is 6.09.